The zero-order valence-corrected chi connectivity index (χ0v) is 20.5. The summed E-state index contributed by atoms with van der Waals surface area (Å²) in [5.41, 5.74) is 4.45. The van der Waals surface area contributed by atoms with Crippen LogP contribution in [0.15, 0.2) is 53.5 Å². The number of carbonyl (C=O) groups is 1. The van der Waals surface area contributed by atoms with Crippen molar-refractivity contribution in [3.05, 3.63) is 76.3 Å². The Kier molecular flexibility index (Phi) is 4.46. The Morgan fingerprint density at radius 2 is 1.92 bits per heavy atom. The zero-order chi connectivity index (χ0) is 33.3. The lowest BCUT2D eigenvalue weighted by Crippen LogP contribution is -2.35. The third-order valence-electron chi connectivity index (χ3n) is 6.70. The van der Waals surface area contributed by atoms with Gasteiger partial charge in [0.05, 0.1) is 24.5 Å². The number of aromatic nitrogens is 4. The van der Waals surface area contributed by atoms with E-state index in [1.54, 1.807) is 0 Å². The average Bonchev–Trinajstić information content (AvgIpc) is 3.47. The van der Waals surface area contributed by atoms with Crippen LogP contribution in [0.1, 0.15) is 53.7 Å². The van der Waals surface area contributed by atoms with Crippen molar-refractivity contribution in [3.8, 4) is 5.69 Å². The SMILES string of the molecule is [2H]C([2H])([2H])C([2H])(n1ncc2c(N3C[C@@H](N)C(C)(C)C3)c(NC(=O)c3ccc(=O)n(-c4c(F)cccc4F)n3)ccc21)C([2H])([2H])[2H]. The van der Waals surface area contributed by atoms with E-state index in [9.17, 15) is 18.4 Å². The molecule has 1 saturated heterocycles. The molecule has 3 heterocycles. The molecule has 11 heteroatoms. The lowest BCUT2D eigenvalue weighted by molar-refractivity contribution is 0.102. The number of nitrogens with one attached hydrogen (secondary N) is 1. The highest BCUT2D eigenvalue weighted by atomic mass is 19.1. The minimum Gasteiger partial charge on any atom is -0.367 e. The number of halogens is 2. The number of benzene rings is 2. The van der Waals surface area contributed by atoms with Crippen molar-refractivity contribution in [3.63, 3.8) is 0 Å². The normalized spacial score (nSPS) is 20.6. The molecule has 1 aliphatic rings. The Labute approximate surface area is 227 Å². The molecule has 1 amide bonds. The first-order valence-corrected chi connectivity index (χ1v) is 11.7. The van der Waals surface area contributed by atoms with Crippen LogP contribution in [0.2, 0.25) is 0 Å². The van der Waals surface area contributed by atoms with Gasteiger partial charge >= 0.3 is 0 Å². The predicted molar refractivity (Wildman–Crippen MR) is 142 cm³/mol. The lowest BCUT2D eigenvalue weighted by Gasteiger charge is -2.25. The summed E-state index contributed by atoms with van der Waals surface area (Å²) in [6.07, 6.45) is 1.22. The smallest absolute Gasteiger partial charge is 0.276 e. The first-order chi connectivity index (χ1) is 20.8. The molecule has 0 saturated carbocycles. The van der Waals surface area contributed by atoms with Crippen LogP contribution in [0.5, 0.6) is 0 Å². The van der Waals surface area contributed by atoms with E-state index in [-0.39, 0.29) is 28.3 Å². The molecule has 2 aromatic carbocycles. The number of para-hydroxylation sites is 1. The van der Waals surface area contributed by atoms with Crippen LogP contribution in [0.25, 0.3) is 16.6 Å². The summed E-state index contributed by atoms with van der Waals surface area (Å²) >= 11 is 0. The first kappa shape index (κ1) is 18.2. The summed E-state index contributed by atoms with van der Waals surface area (Å²) in [5.74, 6) is -3.00. The Hall–Kier alpha value is -4.12. The largest absolute Gasteiger partial charge is 0.367 e. The van der Waals surface area contributed by atoms with E-state index in [1.807, 2.05) is 18.7 Å². The van der Waals surface area contributed by atoms with Crippen molar-refractivity contribution in [2.45, 2.75) is 39.6 Å². The predicted octanol–water partition coefficient (Wildman–Crippen LogP) is 3.87. The van der Waals surface area contributed by atoms with Crippen molar-refractivity contribution in [1.82, 2.24) is 19.6 Å². The van der Waals surface area contributed by atoms with Crippen LogP contribution in [0.4, 0.5) is 20.2 Å². The molecule has 0 unspecified atom stereocenters. The van der Waals surface area contributed by atoms with Gasteiger partial charge in [-0.3, -0.25) is 14.3 Å². The highest BCUT2D eigenvalue weighted by Crippen LogP contribution is 2.41. The van der Waals surface area contributed by atoms with Crippen molar-refractivity contribution in [2.24, 2.45) is 11.1 Å². The fourth-order valence-corrected chi connectivity index (χ4v) is 4.61. The van der Waals surface area contributed by atoms with Gasteiger partial charge in [-0.25, -0.2) is 8.78 Å². The molecule has 1 atom stereocenters. The maximum Gasteiger partial charge on any atom is 0.276 e. The van der Waals surface area contributed by atoms with Crippen LogP contribution in [0, 0.1) is 17.0 Å². The highest BCUT2D eigenvalue weighted by Gasteiger charge is 2.38. The third-order valence-corrected chi connectivity index (χ3v) is 6.70. The summed E-state index contributed by atoms with van der Waals surface area (Å²) in [4.78, 5) is 27.8. The van der Waals surface area contributed by atoms with Gasteiger partial charge in [-0.1, -0.05) is 19.9 Å². The number of rotatable bonds is 5. The monoisotopic (exact) mass is 528 g/mol. The molecule has 2 aromatic heterocycles. The van der Waals surface area contributed by atoms with E-state index < -0.39 is 53.9 Å². The Morgan fingerprint density at radius 1 is 1.18 bits per heavy atom. The number of amides is 1. The number of hydrogen-bond acceptors (Lipinski definition) is 6. The van der Waals surface area contributed by atoms with Gasteiger partial charge in [-0.05, 0) is 49.5 Å². The fraction of sp³-hybridized carbons (Fsp3) is 0.333. The minimum absolute atomic E-state index is 0.00484. The van der Waals surface area contributed by atoms with Gasteiger partial charge < -0.3 is 16.0 Å². The van der Waals surface area contributed by atoms with Crippen LogP contribution < -0.4 is 21.5 Å². The number of nitrogens with two attached hydrogens (primary N) is 1. The first-order valence-electron chi connectivity index (χ1n) is 15.2. The van der Waals surface area contributed by atoms with E-state index in [0.29, 0.717) is 28.1 Å². The van der Waals surface area contributed by atoms with Crippen molar-refractivity contribution in [2.75, 3.05) is 23.3 Å². The van der Waals surface area contributed by atoms with E-state index in [0.717, 1.165) is 30.3 Å². The molecular formula is C27H29F2N7O2. The van der Waals surface area contributed by atoms with E-state index in [1.165, 1.54) is 18.3 Å². The maximum atomic E-state index is 14.4. The number of hydrogen-bond donors (Lipinski definition) is 2. The number of fused-ring (bicyclic) bond motifs is 1. The second-order valence-electron chi connectivity index (χ2n) is 9.77. The summed E-state index contributed by atoms with van der Waals surface area (Å²) < 4.78 is 86.0. The molecule has 9 nitrogen and oxygen atoms in total. The van der Waals surface area contributed by atoms with Gasteiger partial charge in [0.1, 0.15) is 11.4 Å². The highest BCUT2D eigenvalue weighted by molar-refractivity contribution is 6.09. The molecule has 0 spiro atoms. The number of anilines is 2. The topological polar surface area (TPSA) is 111 Å². The maximum absolute atomic E-state index is 14.4. The van der Waals surface area contributed by atoms with Gasteiger partial charge in [0, 0.05) is 44.8 Å². The lowest BCUT2D eigenvalue weighted by atomic mass is 9.89. The number of carbonyl (C=O) groups excluding carboxylic acids is 1. The summed E-state index contributed by atoms with van der Waals surface area (Å²) in [6.45, 7) is -2.08. The van der Waals surface area contributed by atoms with Gasteiger partial charge in [-0.2, -0.15) is 14.9 Å². The molecule has 3 N–H and O–H groups in total. The summed E-state index contributed by atoms with van der Waals surface area (Å²) in [6, 6.07) is 4.24. The summed E-state index contributed by atoms with van der Waals surface area (Å²) in [7, 11) is 0. The van der Waals surface area contributed by atoms with Crippen LogP contribution in [-0.4, -0.2) is 44.6 Å². The van der Waals surface area contributed by atoms with Crippen LogP contribution in [0.3, 0.4) is 0 Å². The summed E-state index contributed by atoms with van der Waals surface area (Å²) in [5, 5.41) is 10.9. The second-order valence-corrected chi connectivity index (χ2v) is 9.77. The van der Waals surface area contributed by atoms with Gasteiger partial charge in [0.2, 0.25) is 0 Å². The van der Waals surface area contributed by atoms with Crippen molar-refractivity contribution >= 4 is 28.2 Å². The van der Waals surface area contributed by atoms with Gasteiger partial charge in [0.15, 0.2) is 11.6 Å². The quantitative estimate of drug-likeness (QED) is 0.407. The minimum atomic E-state index is -3.31. The molecule has 1 aliphatic heterocycles. The molecular weight excluding hydrogens is 492 g/mol. The fourth-order valence-electron chi connectivity index (χ4n) is 4.61. The van der Waals surface area contributed by atoms with Crippen LogP contribution >= 0.6 is 0 Å². The Bertz CT molecular complexity index is 1840. The average molecular weight is 529 g/mol. The van der Waals surface area contributed by atoms with Gasteiger partial charge in [0.25, 0.3) is 11.5 Å². The molecule has 198 valence electrons. The zero-order valence-electron chi connectivity index (χ0n) is 27.5. The Morgan fingerprint density at radius 3 is 2.58 bits per heavy atom. The van der Waals surface area contributed by atoms with E-state index in [2.05, 4.69) is 15.5 Å². The molecule has 0 aliphatic carbocycles. The third kappa shape index (κ3) is 4.32. The van der Waals surface area contributed by atoms with Crippen molar-refractivity contribution < 1.29 is 23.2 Å². The van der Waals surface area contributed by atoms with Gasteiger partial charge in [-0.15, -0.1) is 0 Å². The van der Waals surface area contributed by atoms with Crippen molar-refractivity contribution in [1.29, 1.82) is 0 Å². The molecule has 38 heavy (non-hydrogen) atoms. The molecule has 0 bridgehead atoms. The van der Waals surface area contributed by atoms with Crippen LogP contribution in [-0.2, 0) is 0 Å². The van der Waals surface area contributed by atoms with E-state index >= 15 is 0 Å². The Balaban J connectivity index is 1.65. The standard InChI is InChI=1S/C27H29F2N7O2/c1-15(2)35-21-10-8-19(24(16(21)12-31-35)34-13-22(30)27(3,4)14-34)32-26(38)20-9-11-23(37)36(33-20)25-17(28)6-5-7-18(25)29/h5-12,15,22H,13-14,30H2,1-4H3,(H,32,38)/t22-/m1/s1/i1D3,2D3,15D. The second kappa shape index (κ2) is 9.32. The molecule has 1 fully saturated rings. The molecule has 4 aromatic rings. The molecule has 5 rings (SSSR count). The number of nitrogens with zero attached hydrogens (tertiary/aromatic N) is 5. The molecule has 0 radical (unpaired) electrons. The van der Waals surface area contributed by atoms with E-state index in [4.69, 9.17) is 15.3 Å².